The predicted octanol–water partition coefficient (Wildman–Crippen LogP) is 4.28. The van der Waals surface area contributed by atoms with Crippen LogP contribution in [0.3, 0.4) is 0 Å². The van der Waals surface area contributed by atoms with Gasteiger partial charge in [0, 0.05) is 41.2 Å². The Hall–Kier alpha value is -1.60. The van der Waals surface area contributed by atoms with Gasteiger partial charge in [-0.25, -0.2) is 12.7 Å². The fourth-order valence-electron chi connectivity index (χ4n) is 3.63. The highest BCUT2D eigenvalue weighted by Gasteiger charge is 2.31. The van der Waals surface area contributed by atoms with Gasteiger partial charge in [0.1, 0.15) is 0 Å². The van der Waals surface area contributed by atoms with Crippen molar-refractivity contribution in [2.75, 3.05) is 19.6 Å². The number of hydrogen-bond acceptors (Lipinski definition) is 3. The maximum atomic E-state index is 12.8. The molecule has 0 unspecified atom stereocenters. The van der Waals surface area contributed by atoms with Crippen LogP contribution in [0, 0.1) is 5.92 Å². The Bertz CT molecular complexity index is 939. The maximum absolute atomic E-state index is 12.8. The van der Waals surface area contributed by atoms with E-state index in [0.717, 1.165) is 12.8 Å². The lowest BCUT2D eigenvalue weighted by Crippen LogP contribution is -2.43. The smallest absolute Gasteiger partial charge is 0.223 e. The average Bonchev–Trinajstić information content (AvgIpc) is 2.75. The number of sulfonamides is 1. The third kappa shape index (κ3) is 6.20. The maximum Gasteiger partial charge on any atom is 0.223 e. The van der Waals surface area contributed by atoms with E-state index in [1.807, 2.05) is 18.2 Å². The van der Waals surface area contributed by atoms with Gasteiger partial charge in [-0.3, -0.25) is 4.79 Å². The molecular formula is C22H26Cl2N2O3S. The van der Waals surface area contributed by atoms with Crippen LogP contribution in [0.2, 0.25) is 10.0 Å². The van der Waals surface area contributed by atoms with Crippen molar-refractivity contribution in [2.24, 2.45) is 5.92 Å². The lowest BCUT2D eigenvalue weighted by atomic mass is 9.97. The lowest BCUT2D eigenvalue weighted by Gasteiger charge is -2.30. The zero-order chi connectivity index (χ0) is 21.6. The summed E-state index contributed by atoms with van der Waals surface area (Å²) in [5.41, 5.74) is 1.67. The Morgan fingerprint density at radius 3 is 2.27 bits per heavy atom. The van der Waals surface area contributed by atoms with Crippen molar-refractivity contribution >= 4 is 39.1 Å². The van der Waals surface area contributed by atoms with Crippen molar-refractivity contribution in [1.82, 2.24) is 9.62 Å². The fourth-order valence-corrected chi connectivity index (χ4v) is 5.95. The van der Waals surface area contributed by atoms with Crippen LogP contribution in [-0.2, 0) is 27.0 Å². The highest BCUT2D eigenvalue weighted by atomic mass is 35.5. The molecule has 0 atom stereocenters. The van der Waals surface area contributed by atoms with Crippen LogP contribution in [0.25, 0.3) is 0 Å². The number of aryl methyl sites for hydroxylation is 1. The van der Waals surface area contributed by atoms with Gasteiger partial charge in [-0.1, -0.05) is 59.6 Å². The molecule has 5 nitrogen and oxygen atoms in total. The molecule has 162 valence electrons. The summed E-state index contributed by atoms with van der Waals surface area (Å²) >= 11 is 12.2. The lowest BCUT2D eigenvalue weighted by molar-refractivity contribution is -0.126. The summed E-state index contributed by atoms with van der Waals surface area (Å²) in [6.07, 6.45) is 2.82. The molecule has 0 aliphatic carbocycles. The van der Waals surface area contributed by atoms with Crippen LogP contribution >= 0.6 is 23.2 Å². The summed E-state index contributed by atoms with van der Waals surface area (Å²) in [6, 6.07) is 15.1. The van der Waals surface area contributed by atoms with Crippen LogP contribution in [0.15, 0.2) is 48.5 Å². The number of piperidine rings is 1. The first-order chi connectivity index (χ1) is 14.4. The number of carbonyl (C=O) groups excluding carboxylic acids is 1. The molecule has 30 heavy (non-hydrogen) atoms. The molecule has 0 saturated carbocycles. The monoisotopic (exact) mass is 468 g/mol. The number of amides is 1. The molecule has 1 aliphatic heterocycles. The third-order valence-electron chi connectivity index (χ3n) is 5.39. The van der Waals surface area contributed by atoms with E-state index in [9.17, 15) is 13.2 Å². The third-order valence-corrected chi connectivity index (χ3v) is 7.90. The first kappa shape index (κ1) is 23.1. The standard InChI is InChI=1S/C22H26Cl2N2O3S/c23-20-9-4-10-21(24)19(20)16-30(28,29)26-14-11-18(12-15-26)22(27)25-13-5-8-17-6-2-1-3-7-17/h1-4,6-7,9-10,18H,5,8,11-16H2,(H,25,27). The molecule has 8 heteroatoms. The van der Waals surface area contributed by atoms with Crippen LogP contribution in [0.5, 0.6) is 0 Å². The normalized spacial score (nSPS) is 15.8. The highest BCUT2D eigenvalue weighted by Crippen LogP contribution is 2.29. The molecular weight excluding hydrogens is 443 g/mol. The molecule has 0 bridgehead atoms. The minimum atomic E-state index is -3.55. The minimum Gasteiger partial charge on any atom is -0.356 e. The van der Waals surface area contributed by atoms with Crippen LogP contribution in [0.1, 0.15) is 30.4 Å². The molecule has 1 N–H and O–H groups in total. The zero-order valence-electron chi connectivity index (χ0n) is 16.7. The average molecular weight is 469 g/mol. The Balaban J connectivity index is 1.45. The summed E-state index contributed by atoms with van der Waals surface area (Å²) in [7, 11) is -3.55. The number of carbonyl (C=O) groups is 1. The minimum absolute atomic E-state index is 0.00857. The molecule has 1 saturated heterocycles. The van der Waals surface area contributed by atoms with E-state index < -0.39 is 10.0 Å². The number of nitrogens with one attached hydrogen (secondary N) is 1. The second-order valence-electron chi connectivity index (χ2n) is 7.51. The summed E-state index contributed by atoms with van der Waals surface area (Å²) in [5.74, 6) is -0.381. The summed E-state index contributed by atoms with van der Waals surface area (Å²) in [5, 5.41) is 3.68. The predicted molar refractivity (Wildman–Crippen MR) is 121 cm³/mol. The van der Waals surface area contributed by atoms with E-state index in [-0.39, 0.29) is 17.6 Å². The van der Waals surface area contributed by atoms with E-state index in [1.54, 1.807) is 18.2 Å². The first-order valence-corrected chi connectivity index (χ1v) is 12.5. The first-order valence-electron chi connectivity index (χ1n) is 10.1. The molecule has 3 rings (SSSR count). The Morgan fingerprint density at radius 2 is 1.63 bits per heavy atom. The van der Waals surface area contributed by atoms with Gasteiger partial charge in [0.25, 0.3) is 0 Å². The fraction of sp³-hybridized carbons (Fsp3) is 0.409. The van der Waals surface area contributed by atoms with E-state index >= 15 is 0 Å². The van der Waals surface area contributed by atoms with Gasteiger partial charge >= 0.3 is 0 Å². The quantitative estimate of drug-likeness (QED) is 0.587. The number of rotatable bonds is 8. The Kier molecular flexibility index (Phi) is 8.17. The van der Waals surface area contributed by atoms with E-state index in [0.29, 0.717) is 48.1 Å². The number of halogens is 2. The van der Waals surface area contributed by atoms with Crippen molar-refractivity contribution < 1.29 is 13.2 Å². The van der Waals surface area contributed by atoms with E-state index in [2.05, 4.69) is 17.4 Å². The second-order valence-corrected chi connectivity index (χ2v) is 10.3. The van der Waals surface area contributed by atoms with Gasteiger partial charge in [0.05, 0.1) is 5.75 Å². The number of nitrogens with zero attached hydrogens (tertiary/aromatic N) is 1. The van der Waals surface area contributed by atoms with Crippen molar-refractivity contribution in [3.8, 4) is 0 Å². The van der Waals surface area contributed by atoms with E-state index in [1.165, 1.54) is 9.87 Å². The topological polar surface area (TPSA) is 66.5 Å². The van der Waals surface area contributed by atoms with E-state index in [4.69, 9.17) is 23.2 Å². The molecule has 0 spiro atoms. The number of hydrogen-bond donors (Lipinski definition) is 1. The van der Waals surface area contributed by atoms with Crippen LogP contribution < -0.4 is 5.32 Å². The van der Waals surface area contributed by atoms with Crippen molar-refractivity contribution in [2.45, 2.75) is 31.4 Å². The second kappa shape index (κ2) is 10.6. The van der Waals surface area contributed by atoms with Crippen LogP contribution in [0.4, 0.5) is 0 Å². The Labute approximate surface area is 188 Å². The van der Waals surface area contributed by atoms with Gasteiger partial charge in [0.2, 0.25) is 15.9 Å². The summed E-state index contributed by atoms with van der Waals surface area (Å²) in [6.45, 7) is 1.27. The molecule has 2 aromatic rings. The summed E-state index contributed by atoms with van der Waals surface area (Å²) in [4.78, 5) is 12.4. The Morgan fingerprint density at radius 1 is 1.00 bits per heavy atom. The highest BCUT2D eigenvalue weighted by molar-refractivity contribution is 7.88. The molecule has 1 fully saturated rings. The van der Waals surface area contributed by atoms with Gasteiger partial charge in [-0.2, -0.15) is 0 Å². The summed E-state index contributed by atoms with van der Waals surface area (Å²) < 4.78 is 27.0. The van der Waals surface area contributed by atoms with Crippen LogP contribution in [-0.4, -0.2) is 38.3 Å². The SMILES string of the molecule is O=C(NCCCc1ccccc1)C1CCN(S(=O)(=O)Cc2c(Cl)cccc2Cl)CC1. The van der Waals surface area contributed by atoms with Gasteiger partial charge < -0.3 is 5.32 Å². The van der Waals surface area contributed by atoms with Crippen molar-refractivity contribution in [1.29, 1.82) is 0 Å². The molecule has 1 amide bonds. The molecule has 0 aromatic heterocycles. The van der Waals surface area contributed by atoms with Crippen molar-refractivity contribution in [3.63, 3.8) is 0 Å². The zero-order valence-corrected chi connectivity index (χ0v) is 19.0. The molecule has 1 aliphatic rings. The van der Waals surface area contributed by atoms with Gasteiger partial charge in [0.15, 0.2) is 0 Å². The van der Waals surface area contributed by atoms with Gasteiger partial charge in [-0.15, -0.1) is 0 Å². The van der Waals surface area contributed by atoms with Crippen molar-refractivity contribution in [3.05, 3.63) is 69.7 Å². The van der Waals surface area contributed by atoms with Gasteiger partial charge in [-0.05, 0) is 43.4 Å². The number of benzene rings is 2. The molecule has 1 heterocycles. The molecule has 2 aromatic carbocycles. The molecule has 0 radical (unpaired) electrons. The largest absolute Gasteiger partial charge is 0.356 e.